The summed E-state index contributed by atoms with van der Waals surface area (Å²) in [6.45, 7) is 1.72. The first-order chi connectivity index (χ1) is 15.8. The molecule has 0 bridgehead atoms. The van der Waals surface area contributed by atoms with Crippen molar-refractivity contribution in [1.82, 2.24) is 9.88 Å². The second-order valence-corrected chi connectivity index (χ2v) is 7.93. The van der Waals surface area contributed by atoms with Crippen molar-refractivity contribution in [2.24, 2.45) is 0 Å². The molecule has 1 atom stereocenters. The number of oxazole rings is 1. The average molecular weight is 460 g/mol. The number of rotatable bonds is 8. The minimum Gasteiger partial charge on any atom is -0.493 e. The molecule has 6 nitrogen and oxygen atoms in total. The van der Waals surface area contributed by atoms with E-state index >= 15 is 0 Å². The van der Waals surface area contributed by atoms with Gasteiger partial charge in [0.05, 0.1) is 17.9 Å². The largest absolute Gasteiger partial charge is 0.493 e. The minimum absolute atomic E-state index is 0.254. The van der Waals surface area contributed by atoms with Crippen LogP contribution >= 0.6 is 0 Å². The maximum absolute atomic E-state index is 12.7. The Balaban J connectivity index is 1.27. The molecule has 0 saturated carbocycles. The molecule has 33 heavy (non-hydrogen) atoms. The highest BCUT2D eigenvalue weighted by molar-refractivity contribution is 5.73. The molecular formula is C24H23F3N2O4. The van der Waals surface area contributed by atoms with E-state index in [2.05, 4.69) is 4.98 Å². The van der Waals surface area contributed by atoms with Crippen molar-refractivity contribution in [2.45, 2.75) is 38.0 Å². The number of likely N-dealkylation sites (tertiary alicyclic amines) is 1. The summed E-state index contributed by atoms with van der Waals surface area (Å²) in [5.74, 6) is 0.160. The van der Waals surface area contributed by atoms with E-state index in [1.165, 1.54) is 18.4 Å². The maximum atomic E-state index is 12.7. The van der Waals surface area contributed by atoms with Crippen molar-refractivity contribution in [1.29, 1.82) is 0 Å². The zero-order chi connectivity index (χ0) is 23.4. The smallest absolute Gasteiger partial charge is 0.416 e. The Morgan fingerprint density at radius 1 is 1.15 bits per heavy atom. The molecule has 0 spiro atoms. The van der Waals surface area contributed by atoms with Crippen LogP contribution in [-0.2, 0) is 23.9 Å². The number of alkyl halides is 3. The number of hydrogen-bond donors (Lipinski definition) is 1. The van der Waals surface area contributed by atoms with Crippen molar-refractivity contribution in [3.63, 3.8) is 0 Å². The molecule has 174 valence electrons. The normalized spacial score (nSPS) is 16.8. The second-order valence-electron chi connectivity index (χ2n) is 7.93. The van der Waals surface area contributed by atoms with Gasteiger partial charge in [0.15, 0.2) is 0 Å². The Kier molecular flexibility index (Phi) is 6.69. The Labute approximate surface area is 188 Å². The van der Waals surface area contributed by atoms with Crippen molar-refractivity contribution in [2.75, 3.05) is 13.2 Å². The molecule has 3 aromatic rings. The molecule has 2 heterocycles. The number of nitrogens with zero attached hydrogens (tertiary/aromatic N) is 2. The number of ether oxygens (including phenoxy) is 1. The molecule has 9 heteroatoms. The first kappa shape index (κ1) is 22.8. The standard InChI is InChI=1S/C24H23F3N2O4/c25-24(26,27)18-7-5-17(6-8-18)22-28-19(15-33-22)11-13-32-20-9-3-16(4-10-20)14-29-12-1-2-21(29)23(30)31/h3-10,15,21H,1-2,11-14H2,(H,30,31)/t21-/m1/s1. The van der Waals surface area contributed by atoms with Gasteiger partial charge in [-0.1, -0.05) is 12.1 Å². The second kappa shape index (κ2) is 9.66. The molecular weight excluding hydrogens is 437 g/mol. The Hall–Kier alpha value is -3.33. The van der Waals surface area contributed by atoms with Gasteiger partial charge in [-0.3, -0.25) is 9.69 Å². The highest BCUT2D eigenvalue weighted by atomic mass is 19.4. The lowest BCUT2D eigenvalue weighted by Crippen LogP contribution is -2.35. The van der Waals surface area contributed by atoms with Crippen LogP contribution in [0.2, 0.25) is 0 Å². The number of hydrogen-bond acceptors (Lipinski definition) is 5. The zero-order valence-electron chi connectivity index (χ0n) is 17.7. The summed E-state index contributed by atoms with van der Waals surface area (Å²) >= 11 is 0. The average Bonchev–Trinajstić information content (AvgIpc) is 3.44. The molecule has 0 aliphatic carbocycles. The van der Waals surface area contributed by atoms with E-state index in [0.29, 0.717) is 43.0 Å². The van der Waals surface area contributed by atoms with Gasteiger partial charge in [0, 0.05) is 18.5 Å². The number of halogens is 3. The van der Waals surface area contributed by atoms with Crippen LogP contribution in [0.5, 0.6) is 5.75 Å². The fourth-order valence-electron chi connectivity index (χ4n) is 3.85. The Morgan fingerprint density at radius 3 is 2.55 bits per heavy atom. The van der Waals surface area contributed by atoms with Gasteiger partial charge >= 0.3 is 12.1 Å². The highest BCUT2D eigenvalue weighted by Gasteiger charge is 2.31. The fourth-order valence-corrected chi connectivity index (χ4v) is 3.85. The number of carbonyl (C=O) groups is 1. The lowest BCUT2D eigenvalue weighted by atomic mass is 10.1. The third-order valence-electron chi connectivity index (χ3n) is 5.60. The minimum atomic E-state index is -4.38. The first-order valence-electron chi connectivity index (χ1n) is 10.6. The predicted octanol–water partition coefficient (Wildman–Crippen LogP) is 5.03. The molecule has 4 rings (SSSR count). The third-order valence-corrected chi connectivity index (χ3v) is 5.60. The zero-order valence-corrected chi connectivity index (χ0v) is 17.7. The molecule has 1 aromatic heterocycles. The van der Waals surface area contributed by atoms with E-state index in [-0.39, 0.29) is 5.89 Å². The monoisotopic (exact) mass is 460 g/mol. The summed E-state index contributed by atoms with van der Waals surface area (Å²) < 4.78 is 49.2. The van der Waals surface area contributed by atoms with E-state index in [9.17, 15) is 23.1 Å². The summed E-state index contributed by atoms with van der Waals surface area (Å²) in [5.41, 5.74) is 1.40. The van der Waals surface area contributed by atoms with Crippen LogP contribution < -0.4 is 4.74 Å². The van der Waals surface area contributed by atoms with Crippen LogP contribution in [0.25, 0.3) is 11.5 Å². The lowest BCUT2D eigenvalue weighted by Gasteiger charge is -2.21. The summed E-state index contributed by atoms with van der Waals surface area (Å²) in [4.78, 5) is 17.6. The number of aromatic nitrogens is 1. The van der Waals surface area contributed by atoms with E-state index in [4.69, 9.17) is 9.15 Å². The maximum Gasteiger partial charge on any atom is 0.416 e. The SMILES string of the molecule is O=C(O)[C@H]1CCCN1Cc1ccc(OCCc2coc(-c3ccc(C(F)(F)F)cc3)n2)cc1. The van der Waals surface area contributed by atoms with Gasteiger partial charge < -0.3 is 14.3 Å². The van der Waals surface area contributed by atoms with Crippen LogP contribution in [0.3, 0.4) is 0 Å². The van der Waals surface area contributed by atoms with Crippen molar-refractivity contribution >= 4 is 5.97 Å². The number of benzene rings is 2. The summed E-state index contributed by atoms with van der Waals surface area (Å²) in [7, 11) is 0. The van der Waals surface area contributed by atoms with Gasteiger partial charge in [-0.15, -0.1) is 0 Å². The van der Waals surface area contributed by atoms with Crippen molar-refractivity contribution < 1.29 is 32.2 Å². The van der Waals surface area contributed by atoms with Gasteiger partial charge in [0.25, 0.3) is 0 Å². The van der Waals surface area contributed by atoms with E-state index in [1.807, 2.05) is 29.2 Å². The molecule has 1 aliphatic heterocycles. The quantitative estimate of drug-likeness (QED) is 0.508. The van der Waals surface area contributed by atoms with Gasteiger partial charge in [-0.25, -0.2) is 4.98 Å². The van der Waals surface area contributed by atoms with Crippen molar-refractivity contribution in [3.05, 3.63) is 71.6 Å². The fraction of sp³-hybridized carbons (Fsp3) is 0.333. The summed E-state index contributed by atoms with van der Waals surface area (Å²) in [5, 5.41) is 9.29. The van der Waals surface area contributed by atoms with Crippen LogP contribution in [0.4, 0.5) is 13.2 Å². The molecule has 1 saturated heterocycles. The van der Waals surface area contributed by atoms with Crippen LogP contribution in [0.15, 0.2) is 59.2 Å². The summed E-state index contributed by atoms with van der Waals surface area (Å²) in [6, 6.07) is 11.8. The van der Waals surface area contributed by atoms with Crippen LogP contribution in [-0.4, -0.2) is 40.2 Å². The van der Waals surface area contributed by atoms with Gasteiger partial charge in [0.2, 0.25) is 5.89 Å². The first-order valence-corrected chi connectivity index (χ1v) is 10.6. The summed E-state index contributed by atoms with van der Waals surface area (Å²) in [6.07, 6.45) is -0.876. The Morgan fingerprint density at radius 2 is 1.88 bits per heavy atom. The molecule has 0 unspecified atom stereocenters. The highest BCUT2D eigenvalue weighted by Crippen LogP contribution is 2.31. The van der Waals surface area contributed by atoms with Gasteiger partial charge in [-0.2, -0.15) is 13.2 Å². The molecule has 1 N–H and O–H groups in total. The lowest BCUT2D eigenvalue weighted by molar-refractivity contribution is -0.142. The van der Waals surface area contributed by atoms with Gasteiger partial charge in [-0.05, 0) is 61.3 Å². The molecule has 1 fully saturated rings. The van der Waals surface area contributed by atoms with E-state index in [1.54, 1.807) is 0 Å². The van der Waals surface area contributed by atoms with Crippen LogP contribution in [0.1, 0.15) is 29.7 Å². The van der Waals surface area contributed by atoms with E-state index < -0.39 is 23.8 Å². The molecule has 0 radical (unpaired) electrons. The number of aliphatic carboxylic acids is 1. The molecule has 1 aliphatic rings. The molecule has 0 amide bonds. The topological polar surface area (TPSA) is 75.8 Å². The number of carboxylic acid groups (broad SMARTS) is 1. The Bertz CT molecular complexity index is 1080. The van der Waals surface area contributed by atoms with Crippen LogP contribution in [0, 0.1) is 0 Å². The third kappa shape index (κ3) is 5.73. The number of carboxylic acids is 1. The molecule has 2 aromatic carbocycles. The van der Waals surface area contributed by atoms with Crippen molar-refractivity contribution in [3.8, 4) is 17.2 Å². The van der Waals surface area contributed by atoms with E-state index in [0.717, 1.165) is 30.7 Å². The van der Waals surface area contributed by atoms with Gasteiger partial charge in [0.1, 0.15) is 18.1 Å². The predicted molar refractivity (Wildman–Crippen MR) is 114 cm³/mol.